The van der Waals surface area contributed by atoms with E-state index in [9.17, 15) is 0 Å². The van der Waals surface area contributed by atoms with Gasteiger partial charge in [-0.15, -0.1) is 0 Å². The highest BCUT2D eigenvalue weighted by atomic mass is 35.5. The van der Waals surface area contributed by atoms with Crippen molar-refractivity contribution in [2.75, 3.05) is 24.5 Å². The Morgan fingerprint density at radius 3 is 3.10 bits per heavy atom. The van der Waals surface area contributed by atoms with E-state index in [1.807, 2.05) is 12.1 Å². The molecule has 4 nitrogen and oxygen atoms in total. The van der Waals surface area contributed by atoms with Crippen LogP contribution in [0.5, 0.6) is 0 Å². The topological polar surface area (TPSA) is 52.0 Å². The minimum absolute atomic E-state index is 0.159. The Labute approximate surface area is 132 Å². The van der Waals surface area contributed by atoms with Gasteiger partial charge in [-0.05, 0) is 30.4 Å². The largest absolute Gasteiger partial charge is 0.354 e. The first-order valence-electron chi connectivity index (χ1n) is 7.48. The summed E-state index contributed by atoms with van der Waals surface area (Å²) in [6.45, 7) is 7.26. The average Bonchev–Trinajstić information content (AvgIpc) is 2.92. The summed E-state index contributed by atoms with van der Waals surface area (Å²) in [7, 11) is 0. The van der Waals surface area contributed by atoms with Crippen molar-refractivity contribution in [1.29, 1.82) is 5.26 Å². The molecule has 0 bridgehead atoms. The summed E-state index contributed by atoms with van der Waals surface area (Å²) >= 11 is 6.20. The quantitative estimate of drug-likeness (QED) is 0.876. The fourth-order valence-electron chi connectivity index (χ4n) is 2.63. The van der Waals surface area contributed by atoms with Crippen molar-refractivity contribution in [2.24, 2.45) is 5.41 Å². The molecule has 1 saturated heterocycles. The van der Waals surface area contributed by atoms with Crippen molar-refractivity contribution in [3.8, 4) is 6.07 Å². The van der Waals surface area contributed by atoms with Gasteiger partial charge in [0.05, 0.1) is 11.1 Å². The normalized spacial score (nSPS) is 18.8. The Morgan fingerprint density at radius 2 is 2.38 bits per heavy atom. The average molecular weight is 307 g/mol. The minimum atomic E-state index is 0.159. The third kappa shape index (κ3) is 4.59. The van der Waals surface area contributed by atoms with Gasteiger partial charge >= 0.3 is 0 Å². The van der Waals surface area contributed by atoms with Crippen LogP contribution < -0.4 is 10.2 Å². The summed E-state index contributed by atoms with van der Waals surface area (Å²) in [4.78, 5) is 6.61. The molecule has 1 atom stereocenters. The van der Waals surface area contributed by atoms with Crippen LogP contribution in [0.2, 0.25) is 5.02 Å². The summed E-state index contributed by atoms with van der Waals surface area (Å²) in [5, 5.41) is 13.0. The number of hydrogen-bond acceptors (Lipinski definition) is 4. The molecule has 114 valence electrons. The summed E-state index contributed by atoms with van der Waals surface area (Å²) in [6.07, 6.45) is 4.43. The molecule has 5 heteroatoms. The Bertz CT molecular complexity index is 509. The number of nitriles is 1. The molecule has 1 aromatic rings. The fraction of sp³-hybridized carbons (Fsp3) is 0.625. The molecule has 1 aliphatic rings. The van der Waals surface area contributed by atoms with Crippen molar-refractivity contribution >= 4 is 17.4 Å². The molecule has 0 amide bonds. The van der Waals surface area contributed by atoms with Crippen molar-refractivity contribution in [3.63, 3.8) is 0 Å². The van der Waals surface area contributed by atoms with Gasteiger partial charge in [0.1, 0.15) is 5.82 Å². The van der Waals surface area contributed by atoms with Crippen molar-refractivity contribution in [2.45, 2.75) is 39.2 Å². The van der Waals surface area contributed by atoms with Crippen LogP contribution in [0.4, 0.5) is 5.82 Å². The highest BCUT2D eigenvalue weighted by molar-refractivity contribution is 6.32. The molecular formula is C16H23ClN4. The lowest BCUT2D eigenvalue weighted by molar-refractivity contribution is 0.303. The zero-order valence-electron chi connectivity index (χ0n) is 12.8. The Morgan fingerprint density at radius 1 is 1.57 bits per heavy atom. The number of pyridine rings is 1. The number of halogens is 1. The van der Waals surface area contributed by atoms with Crippen LogP contribution in [0, 0.1) is 16.7 Å². The predicted molar refractivity (Wildman–Crippen MR) is 86.5 cm³/mol. The van der Waals surface area contributed by atoms with Crippen LogP contribution in [-0.4, -0.2) is 30.7 Å². The molecule has 1 aromatic heterocycles. The molecule has 1 N–H and O–H groups in total. The maximum absolute atomic E-state index is 8.70. The zero-order valence-corrected chi connectivity index (χ0v) is 13.5. The second-order valence-corrected chi connectivity index (χ2v) is 6.85. The molecule has 0 radical (unpaired) electrons. The third-order valence-corrected chi connectivity index (χ3v) is 4.30. The van der Waals surface area contributed by atoms with Crippen LogP contribution >= 0.6 is 11.6 Å². The summed E-state index contributed by atoms with van der Waals surface area (Å²) in [5.41, 5.74) is 0.159. The van der Waals surface area contributed by atoms with Gasteiger partial charge in [0.25, 0.3) is 0 Å². The number of hydrogen-bond donors (Lipinski definition) is 1. The molecule has 2 rings (SSSR count). The van der Waals surface area contributed by atoms with Crippen molar-refractivity contribution < 1.29 is 0 Å². The van der Waals surface area contributed by atoms with Gasteiger partial charge in [-0.1, -0.05) is 25.4 Å². The van der Waals surface area contributed by atoms with Gasteiger partial charge in [0.15, 0.2) is 0 Å². The van der Waals surface area contributed by atoms with Gasteiger partial charge in [0, 0.05) is 38.3 Å². The Balaban J connectivity index is 1.83. The first-order valence-corrected chi connectivity index (χ1v) is 7.85. The summed E-state index contributed by atoms with van der Waals surface area (Å²) in [6, 6.07) is 6.43. The number of aromatic nitrogens is 1. The highest BCUT2D eigenvalue weighted by Crippen LogP contribution is 2.26. The molecule has 0 unspecified atom stereocenters. The second kappa shape index (κ2) is 7.11. The van der Waals surface area contributed by atoms with Crippen LogP contribution in [0.25, 0.3) is 0 Å². The molecule has 0 aromatic carbocycles. The zero-order chi connectivity index (χ0) is 15.3. The minimum Gasteiger partial charge on any atom is -0.354 e. The van der Waals surface area contributed by atoms with E-state index < -0.39 is 0 Å². The van der Waals surface area contributed by atoms with Gasteiger partial charge in [-0.3, -0.25) is 0 Å². The molecule has 2 heterocycles. The Hall–Kier alpha value is -1.31. The molecule has 1 aliphatic heterocycles. The lowest BCUT2D eigenvalue weighted by Gasteiger charge is -2.26. The van der Waals surface area contributed by atoms with Crippen LogP contribution in [-0.2, 0) is 0 Å². The van der Waals surface area contributed by atoms with Crippen molar-refractivity contribution in [3.05, 3.63) is 23.4 Å². The lowest BCUT2D eigenvalue weighted by atomic mass is 9.88. The SMILES string of the molecule is CC(C)(CCC#N)CN[C@@H]1CCN(c2ncccc2Cl)C1. The lowest BCUT2D eigenvalue weighted by Crippen LogP contribution is -2.39. The molecule has 21 heavy (non-hydrogen) atoms. The first kappa shape index (κ1) is 16.1. The van der Waals surface area contributed by atoms with E-state index in [-0.39, 0.29) is 5.41 Å². The molecule has 0 aliphatic carbocycles. The van der Waals surface area contributed by atoms with E-state index in [0.29, 0.717) is 17.5 Å². The number of nitrogens with zero attached hydrogens (tertiary/aromatic N) is 3. The fourth-order valence-corrected chi connectivity index (χ4v) is 2.87. The monoisotopic (exact) mass is 306 g/mol. The summed E-state index contributed by atoms with van der Waals surface area (Å²) in [5.74, 6) is 0.882. The van der Waals surface area contributed by atoms with E-state index in [0.717, 1.165) is 38.3 Å². The molecular weight excluding hydrogens is 284 g/mol. The van der Waals surface area contributed by atoms with E-state index in [1.165, 1.54) is 0 Å². The van der Waals surface area contributed by atoms with E-state index in [4.69, 9.17) is 16.9 Å². The van der Waals surface area contributed by atoms with E-state index in [2.05, 4.69) is 35.1 Å². The molecule has 0 saturated carbocycles. The van der Waals surface area contributed by atoms with Gasteiger partial charge < -0.3 is 10.2 Å². The van der Waals surface area contributed by atoms with Crippen LogP contribution in [0.1, 0.15) is 33.1 Å². The van der Waals surface area contributed by atoms with Crippen molar-refractivity contribution in [1.82, 2.24) is 10.3 Å². The molecule has 0 spiro atoms. The first-order chi connectivity index (χ1) is 10.0. The maximum Gasteiger partial charge on any atom is 0.147 e. The van der Waals surface area contributed by atoms with E-state index >= 15 is 0 Å². The smallest absolute Gasteiger partial charge is 0.147 e. The Kier molecular flexibility index (Phi) is 5.44. The van der Waals surface area contributed by atoms with Gasteiger partial charge in [-0.25, -0.2) is 4.98 Å². The maximum atomic E-state index is 8.70. The van der Waals surface area contributed by atoms with Gasteiger partial charge in [-0.2, -0.15) is 5.26 Å². The van der Waals surface area contributed by atoms with E-state index in [1.54, 1.807) is 6.20 Å². The number of rotatable bonds is 6. The van der Waals surface area contributed by atoms with Crippen LogP contribution in [0.15, 0.2) is 18.3 Å². The highest BCUT2D eigenvalue weighted by Gasteiger charge is 2.26. The standard InChI is InChI=1S/C16H23ClN4/c1-16(2,7-4-8-18)12-20-13-6-10-21(11-13)15-14(17)5-3-9-19-15/h3,5,9,13,20H,4,6-7,10-12H2,1-2H3/t13-/m1/s1. The third-order valence-electron chi connectivity index (χ3n) is 4.01. The van der Waals surface area contributed by atoms with Gasteiger partial charge in [0.2, 0.25) is 0 Å². The summed E-state index contributed by atoms with van der Waals surface area (Å²) < 4.78 is 0. The number of nitrogens with one attached hydrogen (secondary N) is 1. The predicted octanol–water partition coefficient (Wildman–Crippen LogP) is 3.23. The number of anilines is 1. The molecule has 1 fully saturated rings. The second-order valence-electron chi connectivity index (χ2n) is 6.44. The van der Waals surface area contributed by atoms with Crippen LogP contribution in [0.3, 0.4) is 0 Å².